The Morgan fingerprint density at radius 1 is 1.12 bits per heavy atom. The lowest BCUT2D eigenvalue weighted by atomic mass is 10.1. The van der Waals surface area contributed by atoms with Crippen LogP contribution in [0.25, 0.3) is 0 Å². The molecule has 1 saturated heterocycles. The number of hydrogen-bond donors (Lipinski definition) is 1. The van der Waals surface area contributed by atoms with Crippen molar-refractivity contribution in [1.29, 1.82) is 0 Å². The number of benzene rings is 1. The number of nitrogens with two attached hydrogens (primary N) is 1. The molecule has 1 unspecified atom stereocenters. The summed E-state index contributed by atoms with van der Waals surface area (Å²) in [5, 5.41) is 0. The van der Waals surface area contributed by atoms with E-state index in [1.165, 1.54) is 35.5 Å². The summed E-state index contributed by atoms with van der Waals surface area (Å²) in [5.41, 5.74) is 5.98. The predicted molar refractivity (Wildman–Crippen MR) is 97.3 cm³/mol. The fraction of sp³-hybridized carbons (Fsp3) is 0.500. The van der Waals surface area contributed by atoms with Crippen LogP contribution in [-0.2, 0) is 14.8 Å². The summed E-state index contributed by atoms with van der Waals surface area (Å²) < 4.78 is 26.7. The molecule has 2 rings (SSSR count). The van der Waals surface area contributed by atoms with Crippen molar-refractivity contribution in [2.75, 3.05) is 32.7 Å². The third-order valence-corrected chi connectivity index (χ3v) is 6.14. The standard InChI is InChI=1S/C16H23N3O4S.ClH/c1-12(11-17)16(21)18-7-9-19(10-8-18)24(22,23)15-5-3-14(4-6-15)13(2)20;/h3-6,12H,7-11,17H2,1-2H3;1H. The number of Topliss-reactive ketones (excluding diaryl/α,β-unsaturated/α-hetero) is 1. The highest BCUT2D eigenvalue weighted by Gasteiger charge is 2.31. The minimum atomic E-state index is -3.62. The van der Waals surface area contributed by atoms with Crippen molar-refractivity contribution in [3.05, 3.63) is 29.8 Å². The number of rotatable bonds is 5. The Hall–Kier alpha value is -1.48. The molecule has 25 heavy (non-hydrogen) atoms. The van der Waals surface area contributed by atoms with Crippen molar-refractivity contribution in [1.82, 2.24) is 9.21 Å². The van der Waals surface area contributed by atoms with Crippen LogP contribution in [0.4, 0.5) is 0 Å². The lowest BCUT2D eigenvalue weighted by Crippen LogP contribution is -2.52. The van der Waals surface area contributed by atoms with E-state index >= 15 is 0 Å². The minimum absolute atomic E-state index is 0. The molecule has 7 nitrogen and oxygen atoms in total. The summed E-state index contributed by atoms with van der Waals surface area (Å²) in [6.07, 6.45) is 0. The lowest BCUT2D eigenvalue weighted by molar-refractivity contribution is -0.135. The van der Waals surface area contributed by atoms with E-state index in [1.54, 1.807) is 11.8 Å². The summed E-state index contributed by atoms with van der Waals surface area (Å²) in [6.45, 7) is 4.69. The number of amides is 1. The molecule has 0 saturated carbocycles. The quantitative estimate of drug-likeness (QED) is 0.748. The average Bonchev–Trinajstić information content (AvgIpc) is 2.60. The highest BCUT2D eigenvalue weighted by molar-refractivity contribution is 7.89. The Balaban J connectivity index is 0.00000312. The second-order valence-electron chi connectivity index (χ2n) is 5.95. The maximum Gasteiger partial charge on any atom is 0.243 e. The Kier molecular flexibility index (Phi) is 7.55. The molecule has 9 heteroatoms. The Morgan fingerprint density at radius 3 is 2.08 bits per heavy atom. The van der Waals surface area contributed by atoms with Crippen LogP contribution in [0.15, 0.2) is 29.2 Å². The van der Waals surface area contributed by atoms with Crippen LogP contribution >= 0.6 is 12.4 Å². The summed E-state index contributed by atoms with van der Waals surface area (Å²) in [6, 6.07) is 5.91. The zero-order chi connectivity index (χ0) is 17.9. The van der Waals surface area contributed by atoms with Gasteiger partial charge in [0.1, 0.15) is 0 Å². The maximum absolute atomic E-state index is 12.7. The molecular weight excluding hydrogens is 366 g/mol. The fourth-order valence-electron chi connectivity index (χ4n) is 2.57. The Morgan fingerprint density at radius 2 is 1.64 bits per heavy atom. The van der Waals surface area contributed by atoms with Crippen molar-refractivity contribution in [3.63, 3.8) is 0 Å². The molecule has 0 aliphatic carbocycles. The third kappa shape index (κ3) is 4.78. The van der Waals surface area contributed by atoms with Gasteiger partial charge in [-0.25, -0.2) is 8.42 Å². The molecule has 0 spiro atoms. The van der Waals surface area contributed by atoms with E-state index in [4.69, 9.17) is 5.73 Å². The van der Waals surface area contributed by atoms with Gasteiger partial charge in [-0.1, -0.05) is 19.1 Å². The first kappa shape index (κ1) is 21.6. The van der Waals surface area contributed by atoms with Gasteiger partial charge >= 0.3 is 0 Å². The van der Waals surface area contributed by atoms with Crippen LogP contribution in [0.3, 0.4) is 0 Å². The molecular formula is C16H24ClN3O4S. The summed E-state index contributed by atoms with van der Waals surface area (Å²) in [5.74, 6) is -0.410. The van der Waals surface area contributed by atoms with Crippen molar-refractivity contribution < 1.29 is 18.0 Å². The molecule has 0 radical (unpaired) electrons. The van der Waals surface area contributed by atoms with Crippen LogP contribution in [0.5, 0.6) is 0 Å². The first-order chi connectivity index (χ1) is 11.3. The number of carbonyl (C=O) groups excluding carboxylic acids is 2. The molecule has 1 aromatic rings. The van der Waals surface area contributed by atoms with Crippen LogP contribution in [0.2, 0.25) is 0 Å². The van der Waals surface area contributed by atoms with Gasteiger partial charge < -0.3 is 10.6 Å². The maximum atomic E-state index is 12.7. The van der Waals surface area contributed by atoms with E-state index in [0.717, 1.165) is 0 Å². The van der Waals surface area contributed by atoms with Crippen LogP contribution in [0.1, 0.15) is 24.2 Å². The SMILES string of the molecule is CC(=O)c1ccc(S(=O)(=O)N2CCN(C(=O)C(C)CN)CC2)cc1.Cl. The van der Waals surface area contributed by atoms with Gasteiger partial charge in [-0.2, -0.15) is 4.31 Å². The number of nitrogens with zero attached hydrogens (tertiary/aromatic N) is 2. The number of sulfonamides is 1. The second kappa shape index (κ2) is 8.75. The Labute approximate surface area is 154 Å². The number of hydrogen-bond acceptors (Lipinski definition) is 5. The molecule has 1 aliphatic rings. The summed E-state index contributed by atoms with van der Waals surface area (Å²) in [4.78, 5) is 25.2. The Bertz CT molecular complexity index is 713. The van der Waals surface area contributed by atoms with Gasteiger partial charge in [0.05, 0.1) is 4.90 Å². The smallest absolute Gasteiger partial charge is 0.243 e. The molecule has 1 amide bonds. The number of ketones is 1. The molecule has 140 valence electrons. The third-order valence-electron chi connectivity index (χ3n) is 4.22. The fourth-order valence-corrected chi connectivity index (χ4v) is 3.99. The molecule has 2 N–H and O–H groups in total. The van der Waals surface area contributed by atoms with Crippen LogP contribution in [-0.4, -0.2) is 62.0 Å². The molecule has 1 fully saturated rings. The highest BCUT2D eigenvalue weighted by Crippen LogP contribution is 2.19. The van der Waals surface area contributed by atoms with Crippen molar-refractivity contribution in [2.45, 2.75) is 18.7 Å². The zero-order valence-corrected chi connectivity index (χ0v) is 16.0. The van der Waals surface area contributed by atoms with Crippen molar-refractivity contribution >= 4 is 34.1 Å². The molecule has 1 heterocycles. The second-order valence-corrected chi connectivity index (χ2v) is 7.88. The van der Waals surface area contributed by atoms with Crippen molar-refractivity contribution in [3.8, 4) is 0 Å². The van der Waals surface area contributed by atoms with E-state index in [9.17, 15) is 18.0 Å². The van der Waals surface area contributed by atoms with Crippen molar-refractivity contribution in [2.24, 2.45) is 11.7 Å². The highest BCUT2D eigenvalue weighted by atomic mass is 35.5. The van der Waals surface area contributed by atoms with Gasteiger partial charge in [-0.3, -0.25) is 9.59 Å². The summed E-state index contributed by atoms with van der Waals surface area (Å²) in [7, 11) is -3.62. The van der Waals surface area contributed by atoms with E-state index in [-0.39, 0.29) is 54.5 Å². The normalized spacial score (nSPS) is 16.8. The number of halogens is 1. The molecule has 1 aliphatic heterocycles. The van der Waals surface area contributed by atoms with Gasteiger partial charge in [0.15, 0.2) is 5.78 Å². The van der Waals surface area contributed by atoms with E-state index < -0.39 is 10.0 Å². The number of piperazine rings is 1. The monoisotopic (exact) mass is 389 g/mol. The molecule has 1 atom stereocenters. The number of carbonyl (C=O) groups is 2. The zero-order valence-electron chi connectivity index (χ0n) is 14.3. The predicted octanol–water partition coefficient (Wildman–Crippen LogP) is 0.739. The van der Waals surface area contributed by atoms with Crippen LogP contribution < -0.4 is 5.73 Å². The van der Waals surface area contributed by atoms with Crippen LogP contribution in [0, 0.1) is 5.92 Å². The average molecular weight is 390 g/mol. The van der Waals surface area contributed by atoms with Gasteiger partial charge in [-0.05, 0) is 19.1 Å². The molecule has 0 bridgehead atoms. The van der Waals surface area contributed by atoms with E-state index in [1.807, 2.05) is 0 Å². The molecule has 1 aromatic carbocycles. The van der Waals surface area contributed by atoms with Gasteiger partial charge in [-0.15, -0.1) is 12.4 Å². The largest absolute Gasteiger partial charge is 0.340 e. The van der Waals surface area contributed by atoms with E-state index in [2.05, 4.69) is 0 Å². The van der Waals surface area contributed by atoms with E-state index in [0.29, 0.717) is 18.7 Å². The minimum Gasteiger partial charge on any atom is -0.340 e. The molecule has 0 aromatic heterocycles. The van der Waals surface area contributed by atoms with Gasteiger partial charge in [0.2, 0.25) is 15.9 Å². The summed E-state index contributed by atoms with van der Waals surface area (Å²) >= 11 is 0. The lowest BCUT2D eigenvalue weighted by Gasteiger charge is -2.35. The van der Waals surface area contributed by atoms with Gasteiger partial charge in [0, 0.05) is 44.2 Å². The first-order valence-electron chi connectivity index (χ1n) is 7.87. The topological polar surface area (TPSA) is 101 Å². The van der Waals surface area contributed by atoms with Gasteiger partial charge in [0.25, 0.3) is 0 Å². The first-order valence-corrected chi connectivity index (χ1v) is 9.31.